The minimum Gasteiger partial charge on any atom is -0.497 e. The van der Waals surface area contributed by atoms with Gasteiger partial charge < -0.3 is 14.7 Å². The summed E-state index contributed by atoms with van der Waals surface area (Å²) in [5.41, 5.74) is 0.965. The predicted octanol–water partition coefficient (Wildman–Crippen LogP) is 1.29. The second-order valence-electron chi connectivity index (χ2n) is 4.23. The number of hydrogen-bond acceptors (Lipinski definition) is 4. The van der Waals surface area contributed by atoms with Crippen LogP contribution in [0.2, 0.25) is 0 Å². The van der Waals surface area contributed by atoms with Crippen molar-refractivity contribution in [3.63, 3.8) is 0 Å². The van der Waals surface area contributed by atoms with Crippen molar-refractivity contribution >= 4 is 11.0 Å². The summed E-state index contributed by atoms with van der Waals surface area (Å²) in [5, 5.41) is 0.359. The van der Waals surface area contributed by atoms with Gasteiger partial charge in [-0.15, -0.1) is 0 Å². The van der Waals surface area contributed by atoms with Crippen molar-refractivity contribution in [2.24, 2.45) is 0 Å². The first-order valence-electron chi connectivity index (χ1n) is 5.94. The Morgan fingerprint density at radius 2 is 1.90 bits per heavy atom. The topological polar surface area (TPSA) is 87.8 Å². The molecule has 0 saturated carbocycles. The van der Waals surface area contributed by atoms with E-state index in [0.717, 1.165) is 5.56 Å². The van der Waals surface area contributed by atoms with E-state index in [-0.39, 0.29) is 16.8 Å². The molecule has 100 valence electrons. The SMILES string of the molecule is COc1ccc(-c2cc(=O)[nH]c3nc[nH]c(=O)c23)cc1. The Bertz CT molecular complexity index is 879. The third-order valence-electron chi connectivity index (χ3n) is 3.04. The number of nitrogens with zero attached hydrogens (tertiary/aromatic N) is 1. The molecule has 0 saturated heterocycles. The average Bonchev–Trinajstić information content (AvgIpc) is 2.46. The van der Waals surface area contributed by atoms with Crippen molar-refractivity contribution in [3.05, 3.63) is 57.4 Å². The third-order valence-corrected chi connectivity index (χ3v) is 3.04. The largest absolute Gasteiger partial charge is 0.497 e. The monoisotopic (exact) mass is 269 g/mol. The Balaban J connectivity index is 2.34. The molecule has 2 heterocycles. The molecule has 0 bridgehead atoms. The van der Waals surface area contributed by atoms with Crippen molar-refractivity contribution in [2.45, 2.75) is 0 Å². The van der Waals surface area contributed by atoms with Gasteiger partial charge in [-0.2, -0.15) is 0 Å². The van der Waals surface area contributed by atoms with Gasteiger partial charge in [-0.05, 0) is 17.7 Å². The molecule has 0 aliphatic rings. The fourth-order valence-electron chi connectivity index (χ4n) is 2.10. The number of aromatic amines is 2. The first kappa shape index (κ1) is 12.2. The number of rotatable bonds is 2. The Morgan fingerprint density at radius 3 is 2.60 bits per heavy atom. The molecule has 0 aliphatic carbocycles. The maximum absolute atomic E-state index is 12.0. The van der Waals surface area contributed by atoms with E-state index in [1.54, 1.807) is 31.4 Å². The normalized spacial score (nSPS) is 10.7. The van der Waals surface area contributed by atoms with E-state index in [1.807, 2.05) is 0 Å². The lowest BCUT2D eigenvalue weighted by atomic mass is 10.0. The standard InChI is InChI=1S/C14H11N3O3/c1-20-9-4-2-8(3-5-9)10-6-11(18)17-13-12(10)14(19)16-7-15-13/h2-7H,1H3,(H2,15,16,17,18,19). The molecule has 2 aromatic heterocycles. The highest BCUT2D eigenvalue weighted by Gasteiger charge is 2.10. The minimum atomic E-state index is -0.304. The molecule has 6 heteroatoms. The molecule has 0 atom stereocenters. The Labute approximate surface area is 113 Å². The van der Waals surface area contributed by atoms with Crippen LogP contribution >= 0.6 is 0 Å². The first-order valence-corrected chi connectivity index (χ1v) is 5.94. The smallest absolute Gasteiger partial charge is 0.260 e. The van der Waals surface area contributed by atoms with E-state index in [1.165, 1.54) is 12.4 Å². The number of fused-ring (bicyclic) bond motifs is 1. The molecule has 3 rings (SSSR count). The van der Waals surface area contributed by atoms with Gasteiger partial charge in [-0.25, -0.2) is 4.98 Å². The highest BCUT2D eigenvalue weighted by atomic mass is 16.5. The number of pyridine rings is 1. The average molecular weight is 269 g/mol. The summed E-state index contributed by atoms with van der Waals surface area (Å²) in [6.07, 6.45) is 1.26. The minimum absolute atomic E-state index is 0.270. The van der Waals surface area contributed by atoms with Crippen LogP contribution in [-0.2, 0) is 0 Å². The number of aromatic nitrogens is 3. The van der Waals surface area contributed by atoms with E-state index >= 15 is 0 Å². The number of benzene rings is 1. The number of nitrogens with one attached hydrogen (secondary N) is 2. The second kappa shape index (κ2) is 4.65. The van der Waals surface area contributed by atoms with Crippen LogP contribution < -0.4 is 15.9 Å². The summed E-state index contributed by atoms with van der Waals surface area (Å²) < 4.78 is 5.09. The van der Waals surface area contributed by atoms with Gasteiger partial charge in [0.25, 0.3) is 5.56 Å². The van der Waals surface area contributed by atoms with E-state index in [4.69, 9.17) is 4.74 Å². The molecule has 0 amide bonds. The molecule has 0 unspecified atom stereocenters. The second-order valence-corrected chi connectivity index (χ2v) is 4.23. The molecule has 20 heavy (non-hydrogen) atoms. The Hall–Kier alpha value is -2.89. The molecular formula is C14H11N3O3. The lowest BCUT2D eigenvalue weighted by Crippen LogP contribution is -2.14. The van der Waals surface area contributed by atoms with Crippen LogP contribution in [0.5, 0.6) is 5.75 Å². The van der Waals surface area contributed by atoms with Crippen LogP contribution in [0.3, 0.4) is 0 Å². The van der Waals surface area contributed by atoms with Crippen LogP contribution in [-0.4, -0.2) is 22.1 Å². The molecule has 1 aromatic carbocycles. The van der Waals surface area contributed by atoms with Crippen LogP contribution in [0.15, 0.2) is 46.2 Å². The van der Waals surface area contributed by atoms with Crippen LogP contribution in [0.4, 0.5) is 0 Å². The third kappa shape index (κ3) is 1.97. The van der Waals surface area contributed by atoms with E-state index in [2.05, 4.69) is 15.0 Å². The predicted molar refractivity (Wildman–Crippen MR) is 75.0 cm³/mol. The zero-order chi connectivity index (χ0) is 14.1. The summed E-state index contributed by atoms with van der Waals surface area (Å²) >= 11 is 0. The molecule has 2 N–H and O–H groups in total. The van der Waals surface area contributed by atoms with Crippen LogP contribution in [0, 0.1) is 0 Å². The lowest BCUT2D eigenvalue weighted by molar-refractivity contribution is 0.415. The van der Waals surface area contributed by atoms with Crippen molar-refractivity contribution in [1.82, 2.24) is 15.0 Å². The van der Waals surface area contributed by atoms with Gasteiger partial charge in [-0.1, -0.05) is 12.1 Å². The number of ether oxygens (including phenoxy) is 1. The van der Waals surface area contributed by atoms with Crippen molar-refractivity contribution in [1.29, 1.82) is 0 Å². The number of hydrogen-bond donors (Lipinski definition) is 2. The van der Waals surface area contributed by atoms with Crippen molar-refractivity contribution in [3.8, 4) is 16.9 Å². The summed E-state index contributed by atoms with van der Waals surface area (Å²) in [7, 11) is 1.58. The molecule has 0 spiro atoms. The molecule has 6 nitrogen and oxygen atoms in total. The van der Waals surface area contributed by atoms with Crippen LogP contribution in [0.25, 0.3) is 22.2 Å². The zero-order valence-corrected chi connectivity index (χ0v) is 10.6. The van der Waals surface area contributed by atoms with Gasteiger partial charge in [0.05, 0.1) is 18.8 Å². The maximum Gasteiger partial charge on any atom is 0.260 e. The number of methoxy groups -OCH3 is 1. The molecule has 0 aliphatic heterocycles. The number of H-pyrrole nitrogens is 2. The van der Waals surface area contributed by atoms with E-state index < -0.39 is 0 Å². The quantitative estimate of drug-likeness (QED) is 0.733. The highest BCUT2D eigenvalue weighted by molar-refractivity contribution is 5.91. The summed E-state index contributed by atoms with van der Waals surface area (Å²) in [6, 6.07) is 8.51. The van der Waals surface area contributed by atoms with Gasteiger partial charge in [-0.3, -0.25) is 9.59 Å². The Kier molecular flexibility index (Phi) is 2.83. The van der Waals surface area contributed by atoms with E-state index in [9.17, 15) is 9.59 Å². The van der Waals surface area contributed by atoms with Crippen LogP contribution in [0.1, 0.15) is 0 Å². The fraction of sp³-hybridized carbons (Fsp3) is 0.0714. The summed E-state index contributed by atoms with van der Waals surface area (Å²) in [5.74, 6) is 0.704. The van der Waals surface area contributed by atoms with Crippen molar-refractivity contribution in [2.75, 3.05) is 7.11 Å². The molecule has 0 radical (unpaired) electrons. The lowest BCUT2D eigenvalue weighted by Gasteiger charge is -2.06. The summed E-state index contributed by atoms with van der Waals surface area (Å²) in [4.78, 5) is 32.7. The molecule has 0 fully saturated rings. The van der Waals surface area contributed by atoms with Gasteiger partial charge in [0.2, 0.25) is 5.56 Å². The first-order chi connectivity index (χ1) is 9.69. The van der Waals surface area contributed by atoms with Crippen molar-refractivity contribution < 1.29 is 4.74 Å². The maximum atomic E-state index is 12.0. The van der Waals surface area contributed by atoms with E-state index in [0.29, 0.717) is 16.7 Å². The van der Waals surface area contributed by atoms with Gasteiger partial charge in [0.1, 0.15) is 11.4 Å². The zero-order valence-electron chi connectivity index (χ0n) is 10.6. The Morgan fingerprint density at radius 1 is 1.15 bits per heavy atom. The van der Waals surface area contributed by atoms with Gasteiger partial charge in [0.15, 0.2) is 0 Å². The molecule has 3 aromatic rings. The van der Waals surface area contributed by atoms with Gasteiger partial charge in [0, 0.05) is 11.6 Å². The van der Waals surface area contributed by atoms with Gasteiger partial charge >= 0.3 is 0 Å². The fourth-order valence-corrected chi connectivity index (χ4v) is 2.10. The highest BCUT2D eigenvalue weighted by Crippen LogP contribution is 2.24. The molecular weight excluding hydrogens is 258 g/mol. The summed E-state index contributed by atoms with van der Waals surface area (Å²) in [6.45, 7) is 0.